The Morgan fingerprint density at radius 2 is 1.58 bits per heavy atom. The van der Waals surface area contributed by atoms with Gasteiger partial charge in [0.25, 0.3) is 5.91 Å². The van der Waals surface area contributed by atoms with Gasteiger partial charge >= 0.3 is 0 Å². The van der Waals surface area contributed by atoms with Gasteiger partial charge in [-0.3, -0.25) is 4.79 Å². The lowest BCUT2D eigenvalue weighted by atomic mass is 10.2. The summed E-state index contributed by atoms with van der Waals surface area (Å²) in [7, 11) is -3.98. The van der Waals surface area contributed by atoms with E-state index in [0.717, 1.165) is 29.1 Å². The van der Waals surface area contributed by atoms with Gasteiger partial charge < -0.3 is 9.47 Å². The van der Waals surface area contributed by atoms with Crippen molar-refractivity contribution < 1.29 is 22.0 Å². The second kappa shape index (κ2) is 9.07. The van der Waals surface area contributed by atoms with Crippen LogP contribution in [0.15, 0.2) is 59.5 Å². The molecule has 1 saturated heterocycles. The van der Waals surface area contributed by atoms with Crippen molar-refractivity contribution in [1.29, 1.82) is 0 Å². The van der Waals surface area contributed by atoms with E-state index in [1.807, 2.05) is 50.2 Å². The van der Waals surface area contributed by atoms with Crippen molar-refractivity contribution in [2.24, 2.45) is 0 Å². The van der Waals surface area contributed by atoms with Gasteiger partial charge in [0.2, 0.25) is 10.0 Å². The Balaban J connectivity index is 1.46. The largest absolute Gasteiger partial charge is 0.344 e. The molecule has 4 rings (SSSR count). The van der Waals surface area contributed by atoms with E-state index in [2.05, 4.69) is 4.57 Å². The first-order chi connectivity index (χ1) is 15.7. The molecular formula is C24H25F2N3O3S. The molecule has 2 heterocycles. The lowest BCUT2D eigenvalue weighted by Crippen LogP contribution is -2.50. The Hall–Kier alpha value is -3.04. The first kappa shape index (κ1) is 23.1. The van der Waals surface area contributed by atoms with Crippen LogP contribution in [-0.4, -0.2) is 54.3 Å². The quantitative estimate of drug-likeness (QED) is 0.569. The summed E-state index contributed by atoms with van der Waals surface area (Å²) in [4.78, 5) is 14.5. The van der Waals surface area contributed by atoms with Crippen LogP contribution >= 0.6 is 0 Å². The molecule has 0 aliphatic carbocycles. The molecule has 0 radical (unpaired) electrons. The Kier molecular flexibility index (Phi) is 6.36. The summed E-state index contributed by atoms with van der Waals surface area (Å²) in [6.07, 6.45) is 0. The lowest BCUT2D eigenvalue weighted by molar-refractivity contribution is 0.0697. The minimum atomic E-state index is -3.98. The SMILES string of the molecule is Cc1cc(C(=O)N2CCN(S(=O)(=O)c3ccc(F)c(F)c3)CC2)c(C)n1Cc1ccccc1. The monoisotopic (exact) mass is 473 g/mol. The van der Waals surface area contributed by atoms with E-state index in [1.54, 1.807) is 4.90 Å². The molecule has 174 valence electrons. The van der Waals surface area contributed by atoms with E-state index in [1.165, 1.54) is 4.31 Å². The fourth-order valence-electron chi connectivity index (χ4n) is 4.12. The van der Waals surface area contributed by atoms with Crippen LogP contribution in [0.1, 0.15) is 27.3 Å². The van der Waals surface area contributed by atoms with Gasteiger partial charge in [0.15, 0.2) is 11.6 Å². The molecule has 1 aliphatic rings. The minimum absolute atomic E-state index is 0.0792. The highest BCUT2D eigenvalue weighted by molar-refractivity contribution is 7.89. The van der Waals surface area contributed by atoms with Crippen molar-refractivity contribution >= 4 is 15.9 Å². The number of sulfonamides is 1. The number of carbonyl (C=O) groups excluding carboxylic acids is 1. The summed E-state index contributed by atoms with van der Waals surface area (Å²) in [6.45, 7) is 5.11. The highest BCUT2D eigenvalue weighted by Crippen LogP contribution is 2.23. The van der Waals surface area contributed by atoms with Crippen molar-refractivity contribution in [2.75, 3.05) is 26.2 Å². The summed E-state index contributed by atoms with van der Waals surface area (Å²) in [6, 6.07) is 14.4. The number of hydrogen-bond acceptors (Lipinski definition) is 3. The van der Waals surface area contributed by atoms with Gasteiger partial charge in [-0.2, -0.15) is 4.31 Å². The van der Waals surface area contributed by atoms with Crippen LogP contribution < -0.4 is 0 Å². The summed E-state index contributed by atoms with van der Waals surface area (Å²) in [5, 5.41) is 0. The number of carbonyl (C=O) groups is 1. The van der Waals surface area contributed by atoms with Crippen molar-refractivity contribution in [1.82, 2.24) is 13.8 Å². The van der Waals surface area contributed by atoms with Crippen LogP contribution in [0.3, 0.4) is 0 Å². The number of piperazine rings is 1. The fourth-order valence-corrected chi connectivity index (χ4v) is 5.55. The maximum atomic E-state index is 13.5. The van der Waals surface area contributed by atoms with Crippen molar-refractivity contribution in [3.8, 4) is 0 Å². The highest BCUT2D eigenvalue weighted by Gasteiger charge is 2.32. The van der Waals surface area contributed by atoms with Crippen LogP contribution in [0.2, 0.25) is 0 Å². The first-order valence-corrected chi connectivity index (χ1v) is 12.1. The van der Waals surface area contributed by atoms with Gasteiger partial charge in [-0.05, 0) is 43.7 Å². The van der Waals surface area contributed by atoms with Gasteiger partial charge in [-0.15, -0.1) is 0 Å². The standard InChI is InChI=1S/C24H25F2N3O3S/c1-17-14-21(18(2)29(17)16-19-6-4-3-5-7-19)24(30)27-10-12-28(13-11-27)33(31,32)20-8-9-22(25)23(26)15-20/h3-9,14-15H,10-13,16H2,1-2H3. The van der Waals surface area contributed by atoms with E-state index in [0.29, 0.717) is 18.2 Å². The van der Waals surface area contributed by atoms with Crippen LogP contribution in [0, 0.1) is 25.5 Å². The summed E-state index contributed by atoms with van der Waals surface area (Å²) >= 11 is 0. The molecule has 0 spiro atoms. The van der Waals surface area contributed by atoms with Crippen LogP contribution in [0.25, 0.3) is 0 Å². The number of halogens is 2. The maximum Gasteiger partial charge on any atom is 0.255 e. The second-order valence-corrected chi connectivity index (χ2v) is 10.1. The fraction of sp³-hybridized carbons (Fsp3) is 0.292. The highest BCUT2D eigenvalue weighted by atomic mass is 32.2. The van der Waals surface area contributed by atoms with E-state index >= 15 is 0 Å². The zero-order chi connectivity index (χ0) is 23.8. The molecule has 3 aromatic rings. The Morgan fingerprint density at radius 1 is 0.909 bits per heavy atom. The molecule has 0 bridgehead atoms. The Bertz CT molecular complexity index is 1280. The predicted octanol–water partition coefficient (Wildman–Crippen LogP) is 3.58. The van der Waals surface area contributed by atoms with E-state index in [4.69, 9.17) is 0 Å². The van der Waals surface area contributed by atoms with E-state index in [9.17, 15) is 22.0 Å². The third-order valence-corrected chi connectivity index (χ3v) is 7.94. The van der Waals surface area contributed by atoms with Crippen LogP contribution in [0.4, 0.5) is 8.78 Å². The maximum absolute atomic E-state index is 13.5. The number of aryl methyl sites for hydroxylation is 1. The molecule has 33 heavy (non-hydrogen) atoms. The van der Waals surface area contributed by atoms with Gasteiger partial charge in [0.1, 0.15) is 0 Å². The third-order valence-electron chi connectivity index (χ3n) is 6.04. The molecule has 6 nitrogen and oxygen atoms in total. The van der Waals surface area contributed by atoms with Crippen molar-refractivity contribution in [2.45, 2.75) is 25.3 Å². The molecule has 0 unspecified atom stereocenters. The number of aromatic nitrogens is 1. The molecule has 2 aromatic carbocycles. The topological polar surface area (TPSA) is 62.6 Å². The van der Waals surface area contributed by atoms with Gasteiger partial charge in [0, 0.05) is 44.1 Å². The summed E-state index contributed by atoms with van der Waals surface area (Å²) < 4.78 is 55.6. The molecule has 1 fully saturated rings. The summed E-state index contributed by atoms with van der Waals surface area (Å²) in [5.74, 6) is -2.46. The molecule has 1 aliphatic heterocycles. The molecule has 0 atom stereocenters. The van der Waals surface area contributed by atoms with Crippen LogP contribution in [0.5, 0.6) is 0 Å². The van der Waals surface area contributed by atoms with E-state index in [-0.39, 0.29) is 37.0 Å². The van der Waals surface area contributed by atoms with E-state index < -0.39 is 21.7 Å². The number of amides is 1. The average Bonchev–Trinajstić information content (AvgIpc) is 3.09. The molecular weight excluding hydrogens is 448 g/mol. The first-order valence-electron chi connectivity index (χ1n) is 10.6. The number of nitrogens with zero attached hydrogens (tertiary/aromatic N) is 3. The smallest absolute Gasteiger partial charge is 0.255 e. The Morgan fingerprint density at radius 3 is 2.21 bits per heavy atom. The minimum Gasteiger partial charge on any atom is -0.344 e. The number of benzene rings is 2. The zero-order valence-corrected chi connectivity index (χ0v) is 19.3. The van der Waals surface area contributed by atoms with Gasteiger partial charge in [-0.1, -0.05) is 30.3 Å². The van der Waals surface area contributed by atoms with Crippen molar-refractivity contribution in [3.63, 3.8) is 0 Å². The second-order valence-electron chi connectivity index (χ2n) is 8.13. The lowest BCUT2D eigenvalue weighted by Gasteiger charge is -2.34. The number of rotatable bonds is 5. The van der Waals surface area contributed by atoms with Gasteiger partial charge in [-0.25, -0.2) is 17.2 Å². The zero-order valence-electron chi connectivity index (χ0n) is 18.5. The average molecular weight is 474 g/mol. The van der Waals surface area contributed by atoms with Crippen LogP contribution in [-0.2, 0) is 16.6 Å². The number of hydrogen-bond donors (Lipinski definition) is 0. The van der Waals surface area contributed by atoms with Gasteiger partial charge in [0.05, 0.1) is 10.5 Å². The van der Waals surface area contributed by atoms with Crippen molar-refractivity contribution in [3.05, 3.63) is 88.7 Å². The third kappa shape index (κ3) is 4.56. The molecule has 1 amide bonds. The molecule has 1 aromatic heterocycles. The Labute approximate surface area is 192 Å². The normalized spacial score (nSPS) is 15.1. The summed E-state index contributed by atoms with van der Waals surface area (Å²) in [5.41, 5.74) is 3.56. The predicted molar refractivity (Wildman–Crippen MR) is 120 cm³/mol. The molecule has 0 N–H and O–H groups in total. The molecule has 0 saturated carbocycles. The molecule has 9 heteroatoms.